The number of carbonyl (C=O) groups excluding carboxylic acids is 1. The number of carbonyl (C=O) groups is 1. The Kier molecular flexibility index (Phi) is 7.18. The van der Waals surface area contributed by atoms with E-state index in [2.05, 4.69) is 32.9 Å². The van der Waals surface area contributed by atoms with Gasteiger partial charge in [-0.3, -0.25) is 4.79 Å². The van der Waals surface area contributed by atoms with Crippen molar-refractivity contribution in [2.24, 2.45) is 11.8 Å². The lowest BCUT2D eigenvalue weighted by molar-refractivity contribution is -0.0495. The summed E-state index contributed by atoms with van der Waals surface area (Å²) in [6.45, 7) is 7.18. The number of hydrogen-bond acceptors (Lipinski definition) is 3. The van der Waals surface area contributed by atoms with Gasteiger partial charge < -0.3 is 14.7 Å². The number of unbranched alkanes of at least 4 members (excludes halogenated alkanes) is 1. The summed E-state index contributed by atoms with van der Waals surface area (Å²) < 4.78 is 6.62. The van der Waals surface area contributed by atoms with Crippen LogP contribution in [0.5, 0.6) is 0 Å². The molecule has 0 saturated heterocycles. The molecule has 1 aromatic carbocycles. The normalized spacial score (nSPS) is 27.1. The molecule has 1 aliphatic heterocycles. The molecule has 1 heterocycles. The van der Waals surface area contributed by atoms with Crippen molar-refractivity contribution in [3.8, 4) is 0 Å². The Hall–Kier alpha value is -1.65. The molecular weight excluding hydrogens is 386 g/mol. The third-order valence-corrected chi connectivity index (χ3v) is 7.57. The molecule has 1 aromatic rings. The quantitative estimate of drug-likeness (QED) is 0.547. The van der Waals surface area contributed by atoms with Gasteiger partial charge in [0, 0.05) is 29.2 Å². The molecule has 4 heteroatoms. The molecule has 2 aliphatic carbocycles. The van der Waals surface area contributed by atoms with Crippen molar-refractivity contribution in [2.45, 2.75) is 97.0 Å². The van der Waals surface area contributed by atoms with Crippen molar-refractivity contribution in [1.82, 2.24) is 4.90 Å². The first-order valence-corrected chi connectivity index (χ1v) is 12.5. The van der Waals surface area contributed by atoms with Gasteiger partial charge in [-0.1, -0.05) is 77.5 Å². The average molecular weight is 426 g/mol. The van der Waals surface area contributed by atoms with Crippen LogP contribution in [-0.4, -0.2) is 34.8 Å². The number of aliphatic hydroxyl groups excluding tert-OH is 1. The van der Waals surface area contributed by atoms with Crippen molar-refractivity contribution >= 4 is 11.5 Å². The highest BCUT2D eigenvalue weighted by Gasteiger charge is 2.42. The third kappa shape index (κ3) is 4.47. The van der Waals surface area contributed by atoms with E-state index in [0.717, 1.165) is 60.8 Å². The fraction of sp³-hybridized carbons (Fsp3) is 0.667. The Balaban J connectivity index is 1.63. The summed E-state index contributed by atoms with van der Waals surface area (Å²) >= 11 is 0. The van der Waals surface area contributed by atoms with Gasteiger partial charge in [-0.05, 0) is 36.8 Å². The summed E-state index contributed by atoms with van der Waals surface area (Å²) in [5, 5.41) is 11.3. The molecule has 4 atom stereocenters. The van der Waals surface area contributed by atoms with E-state index in [0.29, 0.717) is 18.6 Å². The molecule has 170 valence electrons. The van der Waals surface area contributed by atoms with Gasteiger partial charge in [0.2, 0.25) is 0 Å². The highest BCUT2D eigenvalue weighted by atomic mass is 16.5. The standard InChI is InChI=1S/C27H39NO3/c1-4-6-11-19(5-2)17-28-26(29)22-15-10-14-21-24(22)23(27(28)30)16-18(3)25(21)31-20-12-8-7-9-13-20/h10,14-16,18-20,25,27,30H,4-9,11-13,17H2,1-3H3. The van der Waals surface area contributed by atoms with Crippen LogP contribution in [0.3, 0.4) is 0 Å². The minimum atomic E-state index is -0.866. The van der Waals surface area contributed by atoms with Crippen molar-refractivity contribution in [3.05, 3.63) is 41.0 Å². The van der Waals surface area contributed by atoms with Crippen LogP contribution in [0.25, 0.3) is 5.57 Å². The SMILES string of the molecule is CCCCC(CC)CN1C(=O)c2cccc3c2C(=CC(C)C3OC2CCCCC2)C1O. The first-order valence-electron chi connectivity index (χ1n) is 12.5. The first kappa shape index (κ1) is 22.5. The third-order valence-electron chi connectivity index (χ3n) is 7.57. The molecule has 4 nitrogen and oxygen atoms in total. The number of aliphatic hydroxyl groups is 1. The van der Waals surface area contributed by atoms with Crippen molar-refractivity contribution in [2.75, 3.05) is 6.54 Å². The van der Waals surface area contributed by atoms with E-state index in [1.54, 1.807) is 4.90 Å². The maximum Gasteiger partial charge on any atom is 0.256 e. The van der Waals surface area contributed by atoms with E-state index in [9.17, 15) is 9.90 Å². The second-order valence-corrected chi connectivity index (χ2v) is 9.82. The fourth-order valence-electron chi connectivity index (χ4n) is 5.68. The summed E-state index contributed by atoms with van der Waals surface area (Å²) in [5.41, 5.74) is 3.63. The summed E-state index contributed by atoms with van der Waals surface area (Å²) in [6.07, 6.45) is 12.0. The highest BCUT2D eigenvalue weighted by Crippen LogP contribution is 2.46. The average Bonchev–Trinajstić information content (AvgIpc) is 2.79. The van der Waals surface area contributed by atoms with E-state index in [1.807, 2.05) is 12.1 Å². The Morgan fingerprint density at radius 3 is 2.68 bits per heavy atom. The van der Waals surface area contributed by atoms with E-state index >= 15 is 0 Å². The van der Waals surface area contributed by atoms with Crippen LogP contribution in [0.2, 0.25) is 0 Å². The van der Waals surface area contributed by atoms with Crippen LogP contribution in [0.4, 0.5) is 0 Å². The number of nitrogens with zero attached hydrogens (tertiary/aromatic N) is 1. The Morgan fingerprint density at radius 2 is 1.97 bits per heavy atom. The molecule has 0 aromatic heterocycles. The molecule has 0 spiro atoms. The molecule has 1 N–H and O–H groups in total. The molecule has 31 heavy (non-hydrogen) atoms. The zero-order valence-corrected chi connectivity index (χ0v) is 19.5. The molecule has 4 rings (SSSR count). The summed E-state index contributed by atoms with van der Waals surface area (Å²) in [5.74, 6) is 0.557. The molecule has 3 aliphatic rings. The van der Waals surface area contributed by atoms with Crippen molar-refractivity contribution in [1.29, 1.82) is 0 Å². The Labute approximate surface area is 187 Å². The molecule has 1 saturated carbocycles. The topological polar surface area (TPSA) is 49.8 Å². The van der Waals surface area contributed by atoms with Gasteiger partial charge in [-0.15, -0.1) is 0 Å². The van der Waals surface area contributed by atoms with Crippen molar-refractivity contribution in [3.63, 3.8) is 0 Å². The predicted molar refractivity (Wildman–Crippen MR) is 125 cm³/mol. The van der Waals surface area contributed by atoms with Crippen LogP contribution in [0.15, 0.2) is 24.3 Å². The smallest absolute Gasteiger partial charge is 0.256 e. The van der Waals surface area contributed by atoms with Gasteiger partial charge in [0.1, 0.15) is 0 Å². The van der Waals surface area contributed by atoms with Gasteiger partial charge in [-0.2, -0.15) is 0 Å². The predicted octanol–water partition coefficient (Wildman–Crippen LogP) is 6.10. The minimum Gasteiger partial charge on any atom is -0.370 e. The minimum absolute atomic E-state index is 0.0394. The summed E-state index contributed by atoms with van der Waals surface area (Å²) in [7, 11) is 0. The fourth-order valence-corrected chi connectivity index (χ4v) is 5.68. The van der Waals surface area contributed by atoms with Crippen LogP contribution in [0, 0.1) is 11.8 Å². The summed E-state index contributed by atoms with van der Waals surface area (Å²) in [4.78, 5) is 15.2. The van der Waals surface area contributed by atoms with Gasteiger partial charge in [0.15, 0.2) is 6.23 Å². The number of rotatable bonds is 8. The summed E-state index contributed by atoms with van der Waals surface area (Å²) in [6, 6.07) is 6.01. The number of amides is 1. The largest absolute Gasteiger partial charge is 0.370 e. The molecule has 0 bridgehead atoms. The lowest BCUT2D eigenvalue weighted by Gasteiger charge is -2.42. The van der Waals surface area contributed by atoms with Gasteiger partial charge in [0.25, 0.3) is 5.91 Å². The van der Waals surface area contributed by atoms with Crippen LogP contribution >= 0.6 is 0 Å². The Morgan fingerprint density at radius 1 is 1.19 bits per heavy atom. The maximum absolute atomic E-state index is 13.5. The van der Waals surface area contributed by atoms with E-state index in [1.165, 1.54) is 19.3 Å². The lowest BCUT2D eigenvalue weighted by atomic mass is 9.77. The zero-order chi connectivity index (χ0) is 22.0. The first-order chi connectivity index (χ1) is 15.0. The van der Waals surface area contributed by atoms with E-state index in [4.69, 9.17) is 4.74 Å². The van der Waals surface area contributed by atoms with Gasteiger partial charge in [-0.25, -0.2) is 0 Å². The molecule has 4 unspecified atom stereocenters. The molecule has 1 fully saturated rings. The lowest BCUT2D eigenvalue weighted by Crippen LogP contribution is -2.48. The second-order valence-electron chi connectivity index (χ2n) is 9.82. The zero-order valence-electron chi connectivity index (χ0n) is 19.5. The van der Waals surface area contributed by atoms with Gasteiger partial charge in [0.05, 0.1) is 12.2 Å². The highest BCUT2D eigenvalue weighted by molar-refractivity contribution is 6.04. The van der Waals surface area contributed by atoms with Crippen molar-refractivity contribution < 1.29 is 14.6 Å². The molecular formula is C27H39NO3. The van der Waals surface area contributed by atoms with Gasteiger partial charge >= 0.3 is 0 Å². The Bertz CT molecular complexity index is 811. The van der Waals surface area contributed by atoms with E-state index in [-0.39, 0.29) is 17.9 Å². The van der Waals surface area contributed by atoms with E-state index < -0.39 is 6.23 Å². The molecule has 1 amide bonds. The van der Waals surface area contributed by atoms with Crippen LogP contribution in [-0.2, 0) is 4.74 Å². The number of ether oxygens (including phenoxy) is 1. The number of hydrogen-bond donors (Lipinski definition) is 1. The molecule has 0 radical (unpaired) electrons. The van der Waals surface area contributed by atoms with Crippen LogP contribution in [0.1, 0.15) is 106 Å². The van der Waals surface area contributed by atoms with Crippen LogP contribution < -0.4 is 0 Å². The maximum atomic E-state index is 13.5. The monoisotopic (exact) mass is 425 g/mol. The number of benzene rings is 1. The second kappa shape index (κ2) is 9.87.